The highest BCUT2D eigenvalue weighted by Crippen LogP contribution is 2.32. The van der Waals surface area contributed by atoms with Crippen molar-refractivity contribution in [2.24, 2.45) is 22.8 Å². The molecule has 0 saturated heterocycles. The van der Waals surface area contributed by atoms with Crippen LogP contribution in [0, 0.1) is 11.3 Å². The van der Waals surface area contributed by atoms with E-state index in [1.165, 1.54) is 0 Å². The van der Waals surface area contributed by atoms with Gasteiger partial charge in [0.05, 0.1) is 12.1 Å². The van der Waals surface area contributed by atoms with Gasteiger partial charge in [0.15, 0.2) is 0 Å². The van der Waals surface area contributed by atoms with Gasteiger partial charge >= 0.3 is 23.9 Å². The molecule has 0 aliphatic carbocycles. The Labute approximate surface area is 99.8 Å². The summed E-state index contributed by atoms with van der Waals surface area (Å²) in [6.07, 6.45) is -2.19. The molecule has 0 aromatic heterocycles. The Bertz CT molecular complexity index is 355. The molecule has 0 saturated carbocycles. The minimum Gasteiger partial charge on any atom is -0.481 e. The van der Waals surface area contributed by atoms with E-state index in [-0.39, 0.29) is 0 Å². The Hall–Kier alpha value is -2.20. The number of carboxylic acid groups (broad SMARTS) is 4. The third-order valence-electron chi connectivity index (χ3n) is 2.34. The summed E-state index contributed by atoms with van der Waals surface area (Å²) < 4.78 is 0. The first-order valence-electron chi connectivity index (χ1n) is 4.52. The van der Waals surface area contributed by atoms with Gasteiger partial charge in [-0.2, -0.15) is 0 Å². The normalized spacial score (nSPS) is 13.1. The van der Waals surface area contributed by atoms with E-state index in [2.05, 4.69) is 0 Å². The molecular formula is C8H12N2O8. The monoisotopic (exact) mass is 264 g/mol. The van der Waals surface area contributed by atoms with E-state index in [4.69, 9.17) is 31.9 Å². The number of rotatable bonds is 7. The molecule has 0 aromatic carbocycles. The third kappa shape index (κ3) is 2.55. The Morgan fingerprint density at radius 2 is 1.22 bits per heavy atom. The Morgan fingerprint density at radius 3 is 1.39 bits per heavy atom. The van der Waals surface area contributed by atoms with Crippen LogP contribution in [0.1, 0.15) is 6.42 Å². The standard InChI is InChI=1S/C8H12N2O8/c9-3(10)1-2(4(11)12)8(5(13)14,6(15)16)7(17)18/h2-3H,1,9-10H2,(H,11,12)(H,13,14)(H,15,16)(H,17,18). The van der Waals surface area contributed by atoms with Gasteiger partial charge in [0.2, 0.25) is 0 Å². The van der Waals surface area contributed by atoms with Gasteiger partial charge in [0.1, 0.15) is 0 Å². The van der Waals surface area contributed by atoms with Gasteiger partial charge in [0.25, 0.3) is 5.41 Å². The van der Waals surface area contributed by atoms with E-state index in [1.54, 1.807) is 0 Å². The van der Waals surface area contributed by atoms with E-state index < -0.39 is 47.8 Å². The summed E-state index contributed by atoms with van der Waals surface area (Å²) in [5.41, 5.74) is 6.59. The predicted octanol–water partition coefficient (Wildman–Crippen LogP) is -2.44. The maximum absolute atomic E-state index is 10.9. The average molecular weight is 264 g/mol. The van der Waals surface area contributed by atoms with Crippen molar-refractivity contribution in [3.8, 4) is 0 Å². The summed E-state index contributed by atoms with van der Waals surface area (Å²) in [5.74, 6) is -11.2. The number of nitrogens with two attached hydrogens (primary N) is 2. The molecule has 1 atom stereocenters. The lowest BCUT2D eigenvalue weighted by molar-refractivity contribution is -0.186. The lowest BCUT2D eigenvalue weighted by Gasteiger charge is -2.27. The average Bonchev–Trinajstić information content (AvgIpc) is 2.14. The van der Waals surface area contributed by atoms with Gasteiger partial charge in [-0.3, -0.25) is 19.2 Å². The molecule has 0 heterocycles. The van der Waals surface area contributed by atoms with Gasteiger partial charge in [0, 0.05) is 0 Å². The summed E-state index contributed by atoms with van der Waals surface area (Å²) in [6.45, 7) is 0. The number of carbonyl (C=O) groups is 4. The van der Waals surface area contributed by atoms with E-state index in [1.807, 2.05) is 0 Å². The van der Waals surface area contributed by atoms with Gasteiger partial charge in [-0.1, -0.05) is 0 Å². The van der Waals surface area contributed by atoms with Crippen molar-refractivity contribution < 1.29 is 39.6 Å². The zero-order chi connectivity index (χ0) is 14.7. The zero-order valence-electron chi connectivity index (χ0n) is 8.94. The van der Waals surface area contributed by atoms with E-state index in [0.717, 1.165) is 0 Å². The van der Waals surface area contributed by atoms with Crippen molar-refractivity contribution in [1.82, 2.24) is 0 Å². The van der Waals surface area contributed by atoms with Crippen LogP contribution in [-0.2, 0) is 19.2 Å². The third-order valence-corrected chi connectivity index (χ3v) is 2.34. The summed E-state index contributed by atoms with van der Waals surface area (Å²) in [6, 6.07) is 0. The number of hydrogen-bond acceptors (Lipinski definition) is 6. The van der Waals surface area contributed by atoms with Crippen LogP contribution in [0.4, 0.5) is 0 Å². The first kappa shape index (κ1) is 15.8. The van der Waals surface area contributed by atoms with Crippen molar-refractivity contribution >= 4 is 23.9 Å². The molecule has 0 aliphatic rings. The lowest BCUT2D eigenvalue weighted by Crippen LogP contribution is -2.56. The first-order valence-corrected chi connectivity index (χ1v) is 4.52. The molecule has 102 valence electrons. The van der Waals surface area contributed by atoms with Crippen LogP contribution < -0.4 is 11.5 Å². The molecule has 0 bridgehead atoms. The second-order valence-corrected chi connectivity index (χ2v) is 3.51. The highest BCUT2D eigenvalue weighted by atomic mass is 16.4. The summed E-state index contributed by atoms with van der Waals surface area (Å²) >= 11 is 0. The Morgan fingerprint density at radius 1 is 0.889 bits per heavy atom. The van der Waals surface area contributed by atoms with Crippen molar-refractivity contribution in [1.29, 1.82) is 0 Å². The minimum absolute atomic E-state index is 0.819. The fourth-order valence-corrected chi connectivity index (χ4v) is 1.46. The van der Waals surface area contributed by atoms with E-state index in [0.29, 0.717) is 0 Å². The molecule has 1 unspecified atom stereocenters. The zero-order valence-corrected chi connectivity index (χ0v) is 8.94. The molecule has 0 rings (SSSR count). The van der Waals surface area contributed by atoms with Gasteiger partial charge in [-0.05, 0) is 6.42 Å². The van der Waals surface area contributed by atoms with E-state index >= 15 is 0 Å². The fourth-order valence-electron chi connectivity index (χ4n) is 1.46. The quantitative estimate of drug-likeness (QED) is 0.212. The molecule has 0 aromatic rings. The van der Waals surface area contributed by atoms with Crippen LogP contribution in [0.25, 0.3) is 0 Å². The number of carboxylic acids is 4. The van der Waals surface area contributed by atoms with Gasteiger partial charge in [-0.15, -0.1) is 0 Å². The largest absolute Gasteiger partial charge is 0.481 e. The second-order valence-electron chi connectivity index (χ2n) is 3.51. The Balaban J connectivity index is 5.93. The highest BCUT2D eigenvalue weighted by molar-refractivity contribution is 6.18. The summed E-state index contributed by atoms with van der Waals surface area (Å²) in [7, 11) is 0. The number of hydrogen-bond donors (Lipinski definition) is 6. The molecule has 10 heteroatoms. The molecule has 0 amide bonds. The van der Waals surface area contributed by atoms with Crippen LogP contribution in [-0.4, -0.2) is 50.5 Å². The molecule has 10 nitrogen and oxygen atoms in total. The molecule has 0 aliphatic heterocycles. The SMILES string of the molecule is NC(N)CC(C(=O)O)C(C(=O)O)(C(=O)O)C(=O)O. The minimum atomic E-state index is -3.54. The van der Waals surface area contributed by atoms with Crippen LogP contribution in [0.2, 0.25) is 0 Å². The second kappa shape index (κ2) is 5.42. The van der Waals surface area contributed by atoms with Crippen LogP contribution in [0.3, 0.4) is 0 Å². The van der Waals surface area contributed by atoms with Gasteiger partial charge in [-0.25, -0.2) is 0 Å². The van der Waals surface area contributed by atoms with Crippen molar-refractivity contribution in [3.63, 3.8) is 0 Å². The van der Waals surface area contributed by atoms with E-state index in [9.17, 15) is 19.2 Å². The maximum atomic E-state index is 10.9. The molecular weight excluding hydrogens is 252 g/mol. The van der Waals surface area contributed by atoms with Crippen molar-refractivity contribution in [3.05, 3.63) is 0 Å². The summed E-state index contributed by atoms with van der Waals surface area (Å²) in [5, 5.41) is 35.2. The molecule has 18 heavy (non-hydrogen) atoms. The molecule has 8 N–H and O–H groups in total. The fraction of sp³-hybridized carbons (Fsp3) is 0.500. The van der Waals surface area contributed by atoms with Crippen LogP contribution in [0.15, 0.2) is 0 Å². The van der Waals surface area contributed by atoms with Crippen molar-refractivity contribution in [2.45, 2.75) is 12.6 Å². The Kier molecular flexibility index (Phi) is 4.76. The van der Waals surface area contributed by atoms with Crippen LogP contribution in [0.5, 0.6) is 0 Å². The predicted molar refractivity (Wildman–Crippen MR) is 53.2 cm³/mol. The smallest absolute Gasteiger partial charge is 0.333 e. The molecule has 0 radical (unpaired) electrons. The molecule has 0 spiro atoms. The number of aliphatic carboxylic acids is 4. The van der Waals surface area contributed by atoms with Crippen molar-refractivity contribution in [2.75, 3.05) is 0 Å². The highest BCUT2D eigenvalue weighted by Gasteiger charge is 2.63. The summed E-state index contributed by atoms with van der Waals surface area (Å²) in [4.78, 5) is 43.7. The van der Waals surface area contributed by atoms with Gasteiger partial charge < -0.3 is 31.9 Å². The first-order chi connectivity index (χ1) is 8.08. The maximum Gasteiger partial charge on any atom is 0.333 e. The lowest BCUT2D eigenvalue weighted by atomic mass is 9.73. The molecule has 0 fully saturated rings. The topological polar surface area (TPSA) is 201 Å². The van der Waals surface area contributed by atoms with Crippen LogP contribution >= 0.6 is 0 Å².